The quantitative estimate of drug-likeness (QED) is 0.539. The molecular formula is C27H36N6O2. The SMILES string of the molecule is C=CCN1CCN(C(CC2CC2)c2ccc([C@H](C)Nc3ncc4c(n3)N(C)C(=O)OC4)cc2)CC1. The highest BCUT2D eigenvalue weighted by atomic mass is 16.6. The summed E-state index contributed by atoms with van der Waals surface area (Å²) in [5.74, 6) is 1.98. The second-order valence-electron chi connectivity index (χ2n) is 10.0. The molecular weight excluding hydrogens is 440 g/mol. The van der Waals surface area contributed by atoms with Crippen LogP contribution in [0.25, 0.3) is 0 Å². The van der Waals surface area contributed by atoms with Crippen LogP contribution in [-0.2, 0) is 11.3 Å². The van der Waals surface area contributed by atoms with E-state index in [0.717, 1.165) is 44.2 Å². The van der Waals surface area contributed by atoms with E-state index in [1.54, 1.807) is 13.2 Å². The van der Waals surface area contributed by atoms with Crippen LogP contribution in [-0.4, -0.2) is 65.6 Å². The fraction of sp³-hybridized carbons (Fsp3) is 0.519. The molecule has 1 saturated carbocycles. The van der Waals surface area contributed by atoms with Gasteiger partial charge in [0.15, 0.2) is 0 Å². The number of cyclic esters (lactones) is 1. The minimum absolute atomic E-state index is 0.0345. The molecule has 2 aliphatic heterocycles. The summed E-state index contributed by atoms with van der Waals surface area (Å²) in [6, 6.07) is 9.57. The number of rotatable bonds is 9. The van der Waals surface area contributed by atoms with Crippen LogP contribution in [0.4, 0.5) is 16.6 Å². The first-order valence-electron chi connectivity index (χ1n) is 12.7. The number of aromatic nitrogens is 2. The van der Waals surface area contributed by atoms with E-state index < -0.39 is 6.09 Å². The van der Waals surface area contributed by atoms with Crippen molar-refractivity contribution in [1.82, 2.24) is 19.8 Å². The highest BCUT2D eigenvalue weighted by Gasteiger charge is 2.31. The Hall–Kier alpha value is -2.97. The van der Waals surface area contributed by atoms with Crippen molar-refractivity contribution in [2.45, 2.75) is 44.9 Å². The highest BCUT2D eigenvalue weighted by molar-refractivity contribution is 5.88. The molecule has 1 N–H and O–H groups in total. The predicted molar refractivity (Wildman–Crippen MR) is 137 cm³/mol. The van der Waals surface area contributed by atoms with Crippen LogP contribution in [0, 0.1) is 5.92 Å². The summed E-state index contributed by atoms with van der Waals surface area (Å²) in [5, 5.41) is 3.39. The van der Waals surface area contributed by atoms with Crippen LogP contribution < -0.4 is 10.2 Å². The lowest BCUT2D eigenvalue weighted by Crippen LogP contribution is -2.47. The minimum Gasteiger partial charge on any atom is -0.444 e. The van der Waals surface area contributed by atoms with Gasteiger partial charge in [-0.2, -0.15) is 4.98 Å². The molecule has 2 fully saturated rings. The van der Waals surface area contributed by atoms with Crippen molar-refractivity contribution in [3.8, 4) is 0 Å². The number of nitrogens with zero attached hydrogens (tertiary/aromatic N) is 5. The molecule has 186 valence electrons. The first-order chi connectivity index (χ1) is 17.0. The van der Waals surface area contributed by atoms with Gasteiger partial charge < -0.3 is 10.1 Å². The lowest BCUT2D eigenvalue weighted by atomic mass is 9.96. The molecule has 0 bridgehead atoms. The lowest BCUT2D eigenvalue weighted by molar-refractivity contribution is 0.0959. The molecule has 3 heterocycles. The molecule has 2 aromatic rings. The first kappa shape index (κ1) is 23.8. The second kappa shape index (κ2) is 10.3. The molecule has 2 atom stereocenters. The zero-order valence-electron chi connectivity index (χ0n) is 20.8. The Morgan fingerprint density at radius 3 is 2.57 bits per heavy atom. The molecule has 1 amide bonds. The van der Waals surface area contributed by atoms with Crippen LogP contribution in [0.1, 0.15) is 55.0 Å². The van der Waals surface area contributed by atoms with Crippen molar-refractivity contribution in [2.24, 2.45) is 5.92 Å². The molecule has 8 nitrogen and oxygen atoms in total. The minimum atomic E-state index is -0.395. The van der Waals surface area contributed by atoms with Crippen molar-refractivity contribution in [3.63, 3.8) is 0 Å². The number of fused-ring (bicyclic) bond motifs is 1. The van der Waals surface area contributed by atoms with E-state index in [-0.39, 0.29) is 12.6 Å². The number of ether oxygens (including phenoxy) is 1. The van der Waals surface area contributed by atoms with Crippen LogP contribution >= 0.6 is 0 Å². The van der Waals surface area contributed by atoms with E-state index in [1.807, 2.05) is 6.08 Å². The van der Waals surface area contributed by atoms with Gasteiger partial charge in [0.1, 0.15) is 12.4 Å². The third-order valence-electron chi connectivity index (χ3n) is 7.44. The molecule has 0 spiro atoms. The smallest absolute Gasteiger partial charge is 0.415 e. The second-order valence-corrected chi connectivity index (χ2v) is 10.0. The molecule has 1 aliphatic carbocycles. The van der Waals surface area contributed by atoms with Gasteiger partial charge in [0.25, 0.3) is 0 Å². The number of hydrogen-bond donors (Lipinski definition) is 1. The van der Waals surface area contributed by atoms with Crippen molar-refractivity contribution in [1.29, 1.82) is 0 Å². The molecule has 1 aromatic heterocycles. The van der Waals surface area contributed by atoms with Gasteiger partial charge in [-0.3, -0.25) is 14.7 Å². The Labute approximate surface area is 208 Å². The van der Waals surface area contributed by atoms with Crippen molar-refractivity contribution >= 4 is 17.9 Å². The average Bonchev–Trinajstić information content (AvgIpc) is 3.70. The Morgan fingerprint density at radius 2 is 1.89 bits per heavy atom. The Bertz CT molecular complexity index is 1050. The van der Waals surface area contributed by atoms with Gasteiger partial charge in [-0.05, 0) is 30.4 Å². The van der Waals surface area contributed by atoms with E-state index in [1.165, 1.54) is 35.3 Å². The van der Waals surface area contributed by atoms with Crippen LogP contribution in [0.2, 0.25) is 0 Å². The fourth-order valence-corrected chi connectivity index (χ4v) is 5.07. The number of nitrogens with one attached hydrogen (secondary N) is 1. The van der Waals surface area contributed by atoms with E-state index >= 15 is 0 Å². The normalized spacial score (nSPS) is 20.6. The van der Waals surface area contributed by atoms with E-state index in [4.69, 9.17) is 4.74 Å². The van der Waals surface area contributed by atoms with Crippen LogP contribution in [0.5, 0.6) is 0 Å². The third-order valence-corrected chi connectivity index (χ3v) is 7.44. The van der Waals surface area contributed by atoms with Gasteiger partial charge in [-0.1, -0.05) is 43.2 Å². The number of piperazine rings is 1. The maximum Gasteiger partial charge on any atom is 0.415 e. The lowest BCUT2D eigenvalue weighted by Gasteiger charge is -2.39. The number of benzene rings is 1. The predicted octanol–water partition coefficient (Wildman–Crippen LogP) is 4.38. The van der Waals surface area contributed by atoms with Crippen LogP contribution in [0.3, 0.4) is 0 Å². The Kier molecular flexibility index (Phi) is 7.02. The van der Waals surface area contributed by atoms with Gasteiger partial charge in [0, 0.05) is 52.0 Å². The number of anilines is 2. The van der Waals surface area contributed by atoms with Crippen molar-refractivity contribution < 1.29 is 9.53 Å². The maximum absolute atomic E-state index is 11.8. The van der Waals surface area contributed by atoms with Gasteiger partial charge in [0.2, 0.25) is 5.95 Å². The Balaban J connectivity index is 1.26. The summed E-state index contributed by atoms with van der Waals surface area (Å²) in [4.78, 5) is 27.4. The summed E-state index contributed by atoms with van der Waals surface area (Å²) in [6.07, 6.45) is 7.34. The molecule has 8 heteroatoms. The topological polar surface area (TPSA) is 73.8 Å². The summed E-state index contributed by atoms with van der Waals surface area (Å²) >= 11 is 0. The standard InChI is InChI=1S/C27H36N6O2/c1-4-11-32-12-14-33(15-13-32)24(16-20-5-6-20)22-9-7-21(8-10-22)19(2)29-26-28-17-23-18-35-27(34)31(3)25(23)30-26/h4,7-10,17,19-20,24H,1,5-6,11-16,18H2,2-3H3,(H,28,29,30)/t19-,24?/m0/s1. The molecule has 5 rings (SSSR count). The highest BCUT2D eigenvalue weighted by Crippen LogP contribution is 2.40. The molecule has 3 aliphatic rings. The molecule has 0 radical (unpaired) electrons. The zero-order chi connectivity index (χ0) is 24.4. The van der Waals surface area contributed by atoms with Gasteiger partial charge in [-0.15, -0.1) is 6.58 Å². The van der Waals surface area contributed by atoms with Gasteiger partial charge in [0.05, 0.1) is 11.6 Å². The average molecular weight is 477 g/mol. The van der Waals surface area contributed by atoms with Gasteiger partial charge in [-0.25, -0.2) is 9.78 Å². The summed E-state index contributed by atoms with van der Waals surface area (Å²) in [5.41, 5.74) is 3.40. The van der Waals surface area contributed by atoms with Crippen molar-refractivity contribution in [2.75, 3.05) is 50.0 Å². The molecule has 1 unspecified atom stereocenters. The number of hydrogen-bond acceptors (Lipinski definition) is 7. The monoisotopic (exact) mass is 476 g/mol. The van der Waals surface area contributed by atoms with E-state index in [2.05, 4.69) is 62.9 Å². The molecule has 1 aromatic carbocycles. The van der Waals surface area contributed by atoms with Crippen molar-refractivity contribution in [3.05, 3.63) is 59.8 Å². The summed E-state index contributed by atoms with van der Waals surface area (Å²) in [6.45, 7) is 11.6. The largest absolute Gasteiger partial charge is 0.444 e. The fourth-order valence-electron chi connectivity index (χ4n) is 5.07. The number of amides is 1. The number of carbonyl (C=O) groups excluding carboxylic acids is 1. The molecule has 1 saturated heterocycles. The molecule has 35 heavy (non-hydrogen) atoms. The van der Waals surface area contributed by atoms with E-state index in [9.17, 15) is 4.79 Å². The summed E-state index contributed by atoms with van der Waals surface area (Å²) < 4.78 is 5.10. The maximum atomic E-state index is 11.8. The summed E-state index contributed by atoms with van der Waals surface area (Å²) in [7, 11) is 1.66. The first-order valence-corrected chi connectivity index (χ1v) is 12.7. The number of carbonyl (C=O) groups is 1. The van der Waals surface area contributed by atoms with Crippen LogP contribution in [0.15, 0.2) is 43.1 Å². The third kappa shape index (κ3) is 5.49. The van der Waals surface area contributed by atoms with E-state index in [0.29, 0.717) is 17.8 Å². The Morgan fingerprint density at radius 1 is 1.17 bits per heavy atom. The van der Waals surface area contributed by atoms with Gasteiger partial charge >= 0.3 is 6.09 Å². The zero-order valence-corrected chi connectivity index (χ0v) is 20.8.